The van der Waals surface area contributed by atoms with E-state index in [-0.39, 0.29) is 6.10 Å². The molecule has 0 amide bonds. The molecule has 18 heavy (non-hydrogen) atoms. The van der Waals surface area contributed by atoms with E-state index in [1.165, 1.54) is 18.4 Å². The molecule has 1 fully saturated rings. The topological polar surface area (TPSA) is 35.5 Å². The quantitative estimate of drug-likeness (QED) is 0.832. The summed E-state index contributed by atoms with van der Waals surface area (Å²) in [6.07, 6.45) is 2.19. The SMILES string of the molecule is CC(O)CN(C)c1c(Cl)cccc1CNC1CC1. The third-order valence-electron chi connectivity index (χ3n) is 3.15. The summed E-state index contributed by atoms with van der Waals surface area (Å²) < 4.78 is 0. The minimum absolute atomic E-state index is 0.365. The Kier molecular flexibility index (Phi) is 4.49. The fraction of sp³-hybridized carbons (Fsp3) is 0.571. The molecule has 4 heteroatoms. The van der Waals surface area contributed by atoms with Crippen molar-refractivity contribution in [2.45, 2.75) is 38.5 Å². The monoisotopic (exact) mass is 268 g/mol. The van der Waals surface area contributed by atoms with Gasteiger partial charge in [0.05, 0.1) is 16.8 Å². The summed E-state index contributed by atoms with van der Waals surface area (Å²) >= 11 is 6.29. The van der Waals surface area contributed by atoms with Crippen molar-refractivity contribution in [3.8, 4) is 0 Å². The van der Waals surface area contributed by atoms with E-state index in [1.807, 2.05) is 24.1 Å². The van der Waals surface area contributed by atoms with Gasteiger partial charge >= 0.3 is 0 Å². The first-order valence-electron chi connectivity index (χ1n) is 6.48. The first-order chi connectivity index (χ1) is 8.58. The summed E-state index contributed by atoms with van der Waals surface area (Å²) in [6.45, 7) is 3.21. The minimum Gasteiger partial charge on any atom is -0.392 e. The highest BCUT2D eigenvalue weighted by atomic mass is 35.5. The maximum atomic E-state index is 9.49. The zero-order valence-corrected chi connectivity index (χ0v) is 11.7. The standard InChI is InChI=1S/C14H21ClN2O/c1-10(18)9-17(2)14-11(4-3-5-13(14)15)8-16-12-6-7-12/h3-5,10,12,16,18H,6-9H2,1-2H3. The van der Waals surface area contributed by atoms with Crippen LogP contribution in [0.3, 0.4) is 0 Å². The first kappa shape index (κ1) is 13.7. The van der Waals surface area contributed by atoms with Gasteiger partial charge in [-0.1, -0.05) is 23.7 Å². The highest BCUT2D eigenvalue weighted by molar-refractivity contribution is 6.33. The number of halogens is 1. The predicted molar refractivity (Wildman–Crippen MR) is 76.3 cm³/mol. The van der Waals surface area contributed by atoms with Crippen molar-refractivity contribution in [1.29, 1.82) is 0 Å². The van der Waals surface area contributed by atoms with Gasteiger partial charge in [0.1, 0.15) is 0 Å². The molecule has 2 N–H and O–H groups in total. The molecule has 0 spiro atoms. The predicted octanol–water partition coefficient (Wildman–Crippen LogP) is 2.41. The number of aliphatic hydroxyl groups excluding tert-OH is 1. The molecule has 1 aromatic rings. The van der Waals surface area contributed by atoms with Crippen LogP contribution in [0.1, 0.15) is 25.3 Å². The number of hydrogen-bond donors (Lipinski definition) is 2. The average Bonchev–Trinajstić information content (AvgIpc) is 3.08. The fourth-order valence-electron chi connectivity index (χ4n) is 2.16. The summed E-state index contributed by atoms with van der Waals surface area (Å²) in [5.74, 6) is 0. The second-order valence-corrected chi connectivity index (χ2v) is 5.54. The molecule has 1 aliphatic rings. The van der Waals surface area contributed by atoms with Gasteiger partial charge in [-0.05, 0) is 31.4 Å². The van der Waals surface area contributed by atoms with Gasteiger partial charge in [-0.3, -0.25) is 0 Å². The van der Waals surface area contributed by atoms with Gasteiger partial charge in [0.15, 0.2) is 0 Å². The zero-order valence-electron chi connectivity index (χ0n) is 11.0. The zero-order chi connectivity index (χ0) is 13.1. The Hall–Kier alpha value is -0.770. The molecule has 1 aromatic carbocycles. The molecule has 1 unspecified atom stereocenters. The van der Waals surface area contributed by atoms with Gasteiger partial charge in [0.25, 0.3) is 0 Å². The number of para-hydroxylation sites is 1. The Morgan fingerprint density at radius 3 is 2.83 bits per heavy atom. The van der Waals surface area contributed by atoms with Crippen LogP contribution in [-0.4, -0.2) is 30.8 Å². The largest absolute Gasteiger partial charge is 0.392 e. The number of hydrogen-bond acceptors (Lipinski definition) is 3. The van der Waals surface area contributed by atoms with Gasteiger partial charge in [-0.15, -0.1) is 0 Å². The van der Waals surface area contributed by atoms with Crippen LogP contribution in [0.2, 0.25) is 5.02 Å². The van der Waals surface area contributed by atoms with E-state index in [9.17, 15) is 5.11 Å². The van der Waals surface area contributed by atoms with E-state index in [4.69, 9.17) is 11.6 Å². The molecular weight excluding hydrogens is 248 g/mol. The molecule has 1 atom stereocenters. The highest BCUT2D eigenvalue weighted by Crippen LogP contribution is 2.30. The Labute approximate surface area is 114 Å². The lowest BCUT2D eigenvalue weighted by atomic mass is 10.1. The normalized spacial score (nSPS) is 16.7. The highest BCUT2D eigenvalue weighted by Gasteiger charge is 2.21. The molecule has 1 saturated carbocycles. The molecule has 0 bridgehead atoms. The van der Waals surface area contributed by atoms with Crippen molar-refractivity contribution < 1.29 is 5.11 Å². The van der Waals surface area contributed by atoms with E-state index < -0.39 is 0 Å². The van der Waals surface area contributed by atoms with Crippen LogP contribution in [0.4, 0.5) is 5.69 Å². The van der Waals surface area contributed by atoms with E-state index in [2.05, 4.69) is 11.4 Å². The lowest BCUT2D eigenvalue weighted by Crippen LogP contribution is -2.29. The minimum atomic E-state index is -0.365. The van der Waals surface area contributed by atoms with Crippen LogP contribution in [0, 0.1) is 0 Å². The molecule has 3 nitrogen and oxygen atoms in total. The van der Waals surface area contributed by atoms with Gasteiger partial charge in [0, 0.05) is 26.2 Å². The van der Waals surface area contributed by atoms with E-state index in [1.54, 1.807) is 6.92 Å². The maximum absolute atomic E-state index is 9.49. The Balaban J connectivity index is 2.13. The van der Waals surface area contributed by atoms with Crippen LogP contribution in [-0.2, 0) is 6.54 Å². The summed E-state index contributed by atoms with van der Waals surface area (Å²) in [7, 11) is 1.97. The van der Waals surface area contributed by atoms with E-state index in [0.29, 0.717) is 12.6 Å². The van der Waals surface area contributed by atoms with Crippen molar-refractivity contribution in [3.05, 3.63) is 28.8 Å². The molecule has 0 radical (unpaired) electrons. The summed E-state index contributed by atoms with van der Waals surface area (Å²) in [5.41, 5.74) is 2.21. The number of nitrogens with one attached hydrogen (secondary N) is 1. The maximum Gasteiger partial charge on any atom is 0.0686 e. The molecular formula is C14H21ClN2O. The number of aliphatic hydroxyl groups is 1. The van der Waals surface area contributed by atoms with Gasteiger partial charge in [0.2, 0.25) is 0 Å². The fourth-order valence-corrected chi connectivity index (χ4v) is 2.50. The average molecular weight is 269 g/mol. The second-order valence-electron chi connectivity index (χ2n) is 5.13. The molecule has 0 saturated heterocycles. The van der Waals surface area contributed by atoms with Crippen LogP contribution < -0.4 is 10.2 Å². The van der Waals surface area contributed by atoms with Crippen molar-refractivity contribution in [2.24, 2.45) is 0 Å². The van der Waals surface area contributed by atoms with Gasteiger partial charge in [-0.2, -0.15) is 0 Å². The third-order valence-corrected chi connectivity index (χ3v) is 3.45. The second kappa shape index (κ2) is 5.91. The Bertz CT molecular complexity index is 405. The van der Waals surface area contributed by atoms with Crippen LogP contribution in [0.5, 0.6) is 0 Å². The smallest absolute Gasteiger partial charge is 0.0686 e. The number of rotatable bonds is 6. The van der Waals surface area contributed by atoms with E-state index >= 15 is 0 Å². The van der Waals surface area contributed by atoms with Crippen LogP contribution in [0.15, 0.2) is 18.2 Å². The lowest BCUT2D eigenvalue weighted by molar-refractivity contribution is 0.201. The van der Waals surface area contributed by atoms with E-state index in [0.717, 1.165) is 17.3 Å². The molecule has 1 aliphatic carbocycles. The number of benzene rings is 1. The lowest BCUT2D eigenvalue weighted by Gasteiger charge is -2.25. The number of nitrogens with zero attached hydrogens (tertiary/aromatic N) is 1. The van der Waals surface area contributed by atoms with Crippen molar-refractivity contribution in [2.75, 3.05) is 18.5 Å². The summed E-state index contributed by atoms with van der Waals surface area (Å²) in [6, 6.07) is 6.65. The van der Waals surface area contributed by atoms with Gasteiger partial charge in [-0.25, -0.2) is 0 Å². The van der Waals surface area contributed by atoms with Crippen molar-refractivity contribution in [3.63, 3.8) is 0 Å². The molecule has 0 aromatic heterocycles. The summed E-state index contributed by atoms with van der Waals surface area (Å²) in [4.78, 5) is 2.02. The van der Waals surface area contributed by atoms with Crippen LogP contribution in [0.25, 0.3) is 0 Å². The third kappa shape index (κ3) is 3.61. The molecule has 0 aliphatic heterocycles. The van der Waals surface area contributed by atoms with Crippen molar-refractivity contribution >= 4 is 17.3 Å². The molecule has 100 valence electrons. The Morgan fingerprint density at radius 1 is 1.50 bits per heavy atom. The van der Waals surface area contributed by atoms with Gasteiger partial charge < -0.3 is 15.3 Å². The summed E-state index contributed by atoms with van der Waals surface area (Å²) in [5, 5.41) is 13.7. The number of anilines is 1. The molecule has 0 heterocycles. The first-order valence-corrected chi connectivity index (χ1v) is 6.85. The van der Waals surface area contributed by atoms with Crippen molar-refractivity contribution in [1.82, 2.24) is 5.32 Å². The Morgan fingerprint density at radius 2 is 2.22 bits per heavy atom. The number of likely N-dealkylation sites (N-methyl/N-ethyl adjacent to an activating group) is 1. The molecule has 2 rings (SSSR count). The van der Waals surface area contributed by atoms with Crippen LogP contribution >= 0.6 is 11.6 Å².